The molecule has 2 amide bonds. The van der Waals surface area contributed by atoms with Crippen molar-refractivity contribution in [3.63, 3.8) is 0 Å². The average Bonchev–Trinajstić information content (AvgIpc) is 3.34. The molecule has 274 valence electrons. The number of sulfone groups is 1. The van der Waals surface area contributed by atoms with Gasteiger partial charge in [-0.25, -0.2) is 17.6 Å². The van der Waals surface area contributed by atoms with Gasteiger partial charge in [0.2, 0.25) is 5.91 Å². The lowest BCUT2D eigenvalue weighted by molar-refractivity contribution is -0.134. The van der Waals surface area contributed by atoms with Gasteiger partial charge < -0.3 is 20.0 Å². The third-order valence-electron chi connectivity index (χ3n) is 9.84. The summed E-state index contributed by atoms with van der Waals surface area (Å²) in [5.74, 6) is -2.95. The van der Waals surface area contributed by atoms with Crippen molar-refractivity contribution < 1.29 is 37.4 Å². The van der Waals surface area contributed by atoms with Crippen LogP contribution in [0.3, 0.4) is 0 Å². The van der Waals surface area contributed by atoms with E-state index in [0.29, 0.717) is 5.56 Å². The molecule has 0 spiro atoms. The number of amides is 2. The minimum absolute atomic E-state index is 0.0784. The van der Waals surface area contributed by atoms with E-state index in [2.05, 4.69) is 5.32 Å². The highest BCUT2D eigenvalue weighted by Gasteiger charge is 2.50. The number of carbonyl (C=O) groups is 3. The molecule has 1 aliphatic heterocycles. The average molecular weight is 730 g/mol. The van der Waals surface area contributed by atoms with Crippen molar-refractivity contribution in [2.75, 3.05) is 6.26 Å². The maximum absolute atomic E-state index is 15.0. The predicted molar refractivity (Wildman–Crippen MR) is 196 cm³/mol. The van der Waals surface area contributed by atoms with Gasteiger partial charge in [0.15, 0.2) is 9.84 Å². The Kier molecular flexibility index (Phi) is 11.3. The largest absolute Gasteiger partial charge is 0.478 e. The Hall–Kier alpha value is -4.91. The van der Waals surface area contributed by atoms with Crippen molar-refractivity contribution in [1.82, 2.24) is 15.1 Å². The lowest BCUT2D eigenvalue weighted by atomic mass is 9.91. The number of halogens is 1. The van der Waals surface area contributed by atoms with E-state index < -0.39 is 62.7 Å². The van der Waals surface area contributed by atoms with Crippen LogP contribution in [0.2, 0.25) is 0 Å². The maximum Gasteiger partial charge on any atom is 0.335 e. The lowest BCUT2D eigenvalue weighted by Gasteiger charge is -2.41. The first kappa shape index (κ1) is 38.3. The first-order valence-corrected chi connectivity index (χ1v) is 18.9. The van der Waals surface area contributed by atoms with Gasteiger partial charge in [0.05, 0.1) is 34.7 Å². The van der Waals surface area contributed by atoms with Crippen LogP contribution in [0.15, 0.2) is 103 Å². The first-order chi connectivity index (χ1) is 24.5. The molecule has 3 unspecified atom stereocenters. The van der Waals surface area contributed by atoms with Crippen molar-refractivity contribution in [2.45, 2.75) is 75.8 Å². The maximum atomic E-state index is 15.0. The molecule has 0 bridgehead atoms. The van der Waals surface area contributed by atoms with Gasteiger partial charge in [-0.15, -0.1) is 0 Å². The first-order valence-electron chi connectivity index (χ1n) is 17.0. The highest BCUT2D eigenvalue weighted by molar-refractivity contribution is 7.90. The summed E-state index contributed by atoms with van der Waals surface area (Å²) < 4.78 is 39.3. The molecule has 0 aliphatic carbocycles. The van der Waals surface area contributed by atoms with Gasteiger partial charge in [-0.05, 0) is 86.7 Å². The lowest BCUT2D eigenvalue weighted by Crippen LogP contribution is -2.57. The molecular weight excluding hydrogens is 686 g/mol. The van der Waals surface area contributed by atoms with Crippen LogP contribution in [0.4, 0.5) is 4.39 Å². The van der Waals surface area contributed by atoms with Crippen LogP contribution in [0, 0.1) is 5.82 Å². The zero-order valence-corrected chi connectivity index (χ0v) is 30.5. The molecular formula is C40H44FN3O7S. The zero-order valence-electron chi connectivity index (χ0n) is 29.7. The molecule has 12 heteroatoms. The van der Waals surface area contributed by atoms with Crippen LogP contribution >= 0.6 is 0 Å². The molecule has 52 heavy (non-hydrogen) atoms. The normalized spacial score (nSPS) is 18.0. The number of carboxylic acids is 1. The van der Waals surface area contributed by atoms with Crippen LogP contribution in [0.5, 0.6) is 0 Å². The predicted octanol–water partition coefficient (Wildman–Crippen LogP) is 5.54. The van der Waals surface area contributed by atoms with E-state index in [1.165, 1.54) is 54.3 Å². The van der Waals surface area contributed by atoms with Crippen molar-refractivity contribution in [1.29, 1.82) is 0 Å². The van der Waals surface area contributed by atoms with Gasteiger partial charge in [-0.1, -0.05) is 72.8 Å². The number of hydrogen-bond acceptors (Lipinski definition) is 7. The Morgan fingerprint density at radius 1 is 0.885 bits per heavy atom. The SMILES string of the molecule is CC(c1cc(C(=O)O)cc(C(=O)N([C@H](C)c2ccc(F)cc2)[C@@H](Cc2ccccc2)C(O)C2NC(C)(C)N(Cc3ccccc3)C2=O)c1)S(C)(=O)=O. The fourth-order valence-corrected chi connectivity index (χ4v) is 7.37. The molecule has 1 fully saturated rings. The van der Waals surface area contributed by atoms with Gasteiger partial charge >= 0.3 is 5.97 Å². The summed E-state index contributed by atoms with van der Waals surface area (Å²) in [7, 11) is -3.69. The van der Waals surface area contributed by atoms with E-state index in [0.717, 1.165) is 17.4 Å². The second kappa shape index (κ2) is 15.4. The molecule has 4 aromatic rings. The summed E-state index contributed by atoms with van der Waals surface area (Å²) in [6.45, 7) is 7.04. The third kappa shape index (κ3) is 8.41. The van der Waals surface area contributed by atoms with Gasteiger partial charge in [-0.3, -0.25) is 14.9 Å². The number of nitrogens with zero attached hydrogens (tertiary/aromatic N) is 2. The van der Waals surface area contributed by atoms with Crippen molar-refractivity contribution in [3.8, 4) is 0 Å². The third-order valence-corrected chi connectivity index (χ3v) is 11.4. The van der Waals surface area contributed by atoms with Crippen molar-refractivity contribution >= 4 is 27.6 Å². The summed E-state index contributed by atoms with van der Waals surface area (Å²) in [5, 5.41) is 24.6. The Morgan fingerprint density at radius 2 is 1.44 bits per heavy atom. The number of carbonyl (C=O) groups excluding carboxylic acids is 2. The highest BCUT2D eigenvalue weighted by atomic mass is 32.2. The zero-order chi connectivity index (χ0) is 38.0. The number of rotatable bonds is 13. The number of nitrogens with one attached hydrogen (secondary N) is 1. The minimum atomic E-state index is -3.69. The molecule has 4 aromatic carbocycles. The number of aliphatic hydroxyl groups is 1. The molecule has 3 N–H and O–H groups in total. The Labute approximate surface area is 303 Å². The van der Waals surface area contributed by atoms with E-state index >= 15 is 0 Å². The molecule has 10 nitrogen and oxygen atoms in total. The molecule has 0 aromatic heterocycles. The quantitative estimate of drug-likeness (QED) is 0.163. The smallest absolute Gasteiger partial charge is 0.335 e. The molecule has 1 saturated heterocycles. The summed E-state index contributed by atoms with van der Waals surface area (Å²) >= 11 is 0. The topological polar surface area (TPSA) is 144 Å². The second-order valence-corrected chi connectivity index (χ2v) is 16.3. The standard InChI is InChI=1S/C40H44FN3O7S/c1-25(29-16-18-33(41)19-17-29)44(37(46)31-21-30(26(2)52(5,50)51)22-32(23-31)39(48)49)34(20-27-12-8-6-9-13-27)36(45)35-38(47)43(40(3,4)42-35)24-28-14-10-7-11-15-28/h6-19,21-23,25-26,34-36,42,45H,20,24H2,1-5H3,(H,48,49)/t25-,26?,34+,35?,36?/m1/s1. The van der Waals surface area contributed by atoms with Crippen LogP contribution in [-0.4, -0.2) is 76.3 Å². The van der Waals surface area contributed by atoms with Crippen LogP contribution in [-0.2, 0) is 27.6 Å². The van der Waals surface area contributed by atoms with E-state index in [1.54, 1.807) is 11.8 Å². The van der Waals surface area contributed by atoms with Gasteiger partial charge in [0.25, 0.3) is 5.91 Å². The van der Waals surface area contributed by atoms with Crippen molar-refractivity contribution in [2.24, 2.45) is 0 Å². The Morgan fingerprint density at radius 3 is 2.00 bits per heavy atom. The summed E-state index contributed by atoms with van der Waals surface area (Å²) in [5.41, 5.74) is 0.938. The van der Waals surface area contributed by atoms with Gasteiger partial charge in [0, 0.05) is 18.4 Å². The highest BCUT2D eigenvalue weighted by Crippen LogP contribution is 2.34. The molecule has 5 rings (SSSR count). The summed E-state index contributed by atoms with van der Waals surface area (Å²) in [6.07, 6.45) is -0.401. The van der Waals surface area contributed by atoms with Crippen LogP contribution in [0.25, 0.3) is 0 Å². The van der Waals surface area contributed by atoms with E-state index in [1.807, 2.05) is 74.5 Å². The summed E-state index contributed by atoms with van der Waals surface area (Å²) in [4.78, 5) is 44.5. The van der Waals surface area contributed by atoms with Gasteiger partial charge in [0.1, 0.15) is 11.9 Å². The molecule has 1 aliphatic rings. The number of benzene rings is 4. The van der Waals surface area contributed by atoms with Crippen molar-refractivity contribution in [3.05, 3.63) is 142 Å². The second-order valence-electron chi connectivity index (χ2n) is 13.9. The molecule has 0 saturated carbocycles. The monoisotopic (exact) mass is 729 g/mol. The number of aliphatic hydroxyl groups excluding tert-OH is 1. The molecule has 0 radical (unpaired) electrons. The Bertz CT molecular complexity index is 2030. The Balaban J connectivity index is 1.66. The van der Waals surface area contributed by atoms with Crippen LogP contribution < -0.4 is 5.32 Å². The molecule has 5 atom stereocenters. The number of aromatic carboxylic acids is 1. The van der Waals surface area contributed by atoms with Crippen LogP contribution in [0.1, 0.15) is 82.0 Å². The fourth-order valence-electron chi connectivity index (χ4n) is 6.74. The fraction of sp³-hybridized carbons (Fsp3) is 0.325. The van der Waals surface area contributed by atoms with Gasteiger partial charge in [-0.2, -0.15) is 0 Å². The van der Waals surface area contributed by atoms with E-state index in [-0.39, 0.29) is 35.6 Å². The number of hydrogen-bond donors (Lipinski definition) is 3. The molecule has 1 heterocycles. The minimum Gasteiger partial charge on any atom is -0.478 e. The summed E-state index contributed by atoms with van der Waals surface area (Å²) in [6, 6.07) is 24.7. The van der Waals surface area contributed by atoms with E-state index in [4.69, 9.17) is 0 Å². The van der Waals surface area contributed by atoms with E-state index in [9.17, 15) is 37.4 Å². The number of carboxylic acid groups (broad SMARTS) is 1.